The molecule has 3 unspecified atom stereocenters. The van der Waals surface area contributed by atoms with Gasteiger partial charge in [0.05, 0.1) is 34.1 Å². The summed E-state index contributed by atoms with van der Waals surface area (Å²) in [4.78, 5) is 49.6. The number of carbonyl (C=O) groups excluding carboxylic acids is 2. The van der Waals surface area contributed by atoms with Crippen LogP contribution in [0.3, 0.4) is 0 Å². The first-order valence-electron chi connectivity index (χ1n) is 12.9. The Morgan fingerprint density at radius 3 is 2.38 bits per heavy atom. The van der Waals surface area contributed by atoms with E-state index in [1.165, 1.54) is 16.8 Å². The molecule has 0 amide bonds. The third-order valence-corrected chi connectivity index (χ3v) is 6.52. The molecule has 0 aliphatic rings. The molecule has 0 spiro atoms. The minimum Gasteiger partial charge on any atom is -0.465 e. The van der Waals surface area contributed by atoms with Crippen LogP contribution >= 0.6 is 8.22 Å². The molecule has 0 aliphatic carbocycles. The van der Waals surface area contributed by atoms with E-state index in [1.54, 1.807) is 20.1 Å². The Bertz CT molecular complexity index is 904. The summed E-state index contributed by atoms with van der Waals surface area (Å²) in [6.45, 7) is 10.8. The number of carbonyl (C=O) groups is 2. The molecule has 0 bridgehead atoms. The molecule has 0 saturated heterocycles. The summed E-state index contributed by atoms with van der Waals surface area (Å²) in [6.07, 6.45) is 6.82. The van der Waals surface area contributed by atoms with Gasteiger partial charge in [-0.1, -0.05) is 46.6 Å². The molecule has 0 radical (unpaired) electrons. The van der Waals surface area contributed by atoms with Crippen molar-refractivity contribution in [1.29, 1.82) is 0 Å². The van der Waals surface area contributed by atoms with Gasteiger partial charge in [-0.25, -0.2) is 4.79 Å². The van der Waals surface area contributed by atoms with Crippen molar-refractivity contribution < 1.29 is 23.8 Å². The first-order valence-corrected chi connectivity index (χ1v) is 14.3. The number of nitrogens with one attached hydrogen (secondary N) is 3. The van der Waals surface area contributed by atoms with Crippen LogP contribution in [0.5, 0.6) is 0 Å². The summed E-state index contributed by atoms with van der Waals surface area (Å²) < 4.78 is 17.3. The molecule has 37 heavy (non-hydrogen) atoms. The van der Waals surface area contributed by atoms with Crippen LogP contribution in [0.15, 0.2) is 33.7 Å². The predicted octanol–water partition coefficient (Wildman–Crippen LogP) is 3.05. The molecule has 12 heteroatoms. The number of nitrogens with zero attached hydrogens (tertiary/aromatic N) is 1. The van der Waals surface area contributed by atoms with Crippen molar-refractivity contribution in [2.75, 3.05) is 26.9 Å². The van der Waals surface area contributed by atoms with Crippen LogP contribution in [0.1, 0.15) is 66.7 Å². The summed E-state index contributed by atoms with van der Waals surface area (Å²) in [6, 6.07) is 0.694. The number of rotatable bonds is 18. The lowest BCUT2D eigenvalue weighted by molar-refractivity contribution is -0.145. The number of hydrogen-bond acceptors (Lipinski definition) is 9. The molecular formula is C25H45N4O7P. The van der Waals surface area contributed by atoms with Crippen LogP contribution < -0.4 is 21.4 Å². The standard InChI is InChI=1S/C23H39N4O7P.C2H6/c1-5-7-14-33-21(29)17-24-35(26-18(3)22(30)34-15-8-6-2)16-11-19(32-4)9-12-27-13-10-20(28)25-23(27)31;1-2/h10-11,13,16,18-19,24,26H,5-9,12,14-15,17H2,1-4H3,(H,25,28,31);1-2H3/b16-11+;. The van der Waals surface area contributed by atoms with Gasteiger partial charge >= 0.3 is 17.6 Å². The van der Waals surface area contributed by atoms with Crippen molar-refractivity contribution in [2.24, 2.45) is 0 Å². The maximum atomic E-state index is 12.3. The van der Waals surface area contributed by atoms with Gasteiger partial charge < -0.3 is 18.8 Å². The summed E-state index contributed by atoms with van der Waals surface area (Å²) >= 11 is 0. The summed E-state index contributed by atoms with van der Waals surface area (Å²) in [7, 11) is 0.254. The van der Waals surface area contributed by atoms with Crippen molar-refractivity contribution in [3.8, 4) is 0 Å². The third kappa shape index (κ3) is 16.2. The van der Waals surface area contributed by atoms with Crippen LogP contribution in [0, 0.1) is 0 Å². The lowest BCUT2D eigenvalue weighted by Crippen LogP contribution is -2.36. The highest BCUT2D eigenvalue weighted by molar-refractivity contribution is 7.56. The molecular weight excluding hydrogens is 499 g/mol. The van der Waals surface area contributed by atoms with Crippen LogP contribution in [0.2, 0.25) is 0 Å². The van der Waals surface area contributed by atoms with Crippen molar-refractivity contribution in [3.63, 3.8) is 0 Å². The van der Waals surface area contributed by atoms with Crippen molar-refractivity contribution >= 4 is 20.2 Å². The zero-order valence-electron chi connectivity index (χ0n) is 23.1. The molecule has 212 valence electrons. The number of aromatic amines is 1. The molecule has 11 nitrogen and oxygen atoms in total. The van der Waals surface area contributed by atoms with Crippen molar-refractivity contribution in [2.45, 2.75) is 85.4 Å². The minimum atomic E-state index is -1.29. The monoisotopic (exact) mass is 544 g/mol. The Balaban J connectivity index is 0.00000631. The average Bonchev–Trinajstić information content (AvgIpc) is 2.89. The third-order valence-electron chi connectivity index (χ3n) is 4.89. The van der Waals surface area contributed by atoms with Gasteiger partial charge in [0.15, 0.2) is 0 Å². The second-order valence-corrected chi connectivity index (χ2v) is 9.47. The lowest BCUT2D eigenvalue weighted by atomic mass is 10.2. The number of ether oxygens (including phenoxy) is 3. The highest BCUT2D eigenvalue weighted by Gasteiger charge is 2.19. The fourth-order valence-electron chi connectivity index (χ4n) is 2.74. The number of esters is 2. The van der Waals surface area contributed by atoms with Gasteiger partial charge in [-0.2, -0.15) is 0 Å². The van der Waals surface area contributed by atoms with Crippen LogP contribution in [-0.4, -0.2) is 60.5 Å². The first kappa shape index (κ1) is 34.7. The highest BCUT2D eigenvalue weighted by atomic mass is 31.1. The Morgan fingerprint density at radius 1 is 1.14 bits per heavy atom. The average molecular weight is 545 g/mol. The van der Waals surface area contributed by atoms with Crippen LogP contribution in [0.25, 0.3) is 0 Å². The lowest BCUT2D eigenvalue weighted by Gasteiger charge is -2.21. The Morgan fingerprint density at radius 2 is 1.78 bits per heavy atom. The molecule has 0 saturated carbocycles. The van der Waals surface area contributed by atoms with Crippen molar-refractivity contribution in [3.05, 3.63) is 45.0 Å². The van der Waals surface area contributed by atoms with E-state index in [2.05, 4.69) is 15.2 Å². The van der Waals surface area contributed by atoms with Gasteiger partial charge in [-0.05, 0) is 32.0 Å². The summed E-state index contributed by atoms with van der Waals surface area (Å²) in [5.41, 5.74) is -0.938. The van der Waals surface area contributed by atoms with Gasteiger partial charge in [0.25, 0.3) is 5.56 Å². The normalized spacial score (nSPS) is 13.4. The van der Waals surface area contributed by atoms with E-state index in [0.717, 1.165) is 25.7 Å². The molecule has 3 N–H and O–H groups in total. The fourth-order valence-corrected chi connectivity index (χ4v) is 4.21. The van der Waals surface area contributed by atoms with Gasteiger partial charge in [0.2, 0.25) is 0 Å². The topological polar surface area (TPSA) is 141 Å². The molecule has 0 aliphatic heterocycles. The SMILES string of the molecule is CC.CCCCOC(=O)CNP(/C=C/C(CCn1ccc(=O)[nH]c1=O)OC)NC(C)C(=O)OCCCC. The Kier molecular flexibility index (Phi) is 20.4. The predicted molar refractivity (Wildman–Crippen MR) is 146 cm³/mol. The number of aromatic nitrogens is 2. The molecule has 1 rings (SSSR count). The number of H-pyrrole nitrogens is 1. The number of aryl methyl sites for hydroxylation is 1. The van der Waals surface area contributed by atoms with E-state index in [4.69, 9.17) is 14.2 Å². The van der Waals surface area contributed by atoms with Crippen LogP contribution in [-0.2, 0) is 30.3 Å². The molecule has 0 fully saturated rings. The molecule has 0 aromatic carbocycles. The zero-order valence-corrected chi connectivity index (χ0v) is 24.0. The second kappa shape index (κ2) is 21.7. The van der Waals surface area contributed by atoms with E-state index in [1.807, 2.05) is 33.5 Å². The van der Waals surface area contributed by atoms with E-state index in [0.29, 0.717) is 26.2 Å². The summed E-state index contributed by atoms with van der Waals surface area (Å²) in [5.74, 6) is 1.07. The molecule has 1 heterocycles. The minimum absolute atomic E-state index is 0.0191. The van der Waals surface area contributed by atoms with E-state index < -0.39 is 25.5 Å². The van der Waals surface area contributed by atoms with E-state index in [9.17, 15) is 19.2 Å². The Hall–Kier alpha value is -2.33. The maximum Gasteiger partial charge on any atom is 0.328 e. The van der Waals surface area contributed by atoms with Crippen molar-refractivity contribution in [1.82, 2.24) is 19.7 Å². The fraction of sp³-hybridized carbons (Fsp3) is 0.680. The number of methoxy groups -OCH3 is 1. The maximum absolute atomic E-state index is 12.3. The first-order chi connectivity index (χ1) is 17.8. The summed E-state index contributed by atoms with van der Waals surface area (Å²) in [5, 5.41) is 6.27. The van der Waals surface area contributed by atoms with Gasteiger partial charge in [-0.3, -0.25) is 29.5 Å². The van der Waals surface area contributed by atoms with E-state index in [-0.39, 0.29) is 24.6 Å². The van der Waals surface area contributed by atoms with Crippen LogP contribution in [0.4, 0.5) is 0 Å². The highest BCUT2D eigenvalue weighted by Crippen LogP contribution is 2.28. The Labute approximate surface area is 221 Å². The molecule has 1 aromatic rings. The quantitative estimate of drug-likeness (QED) is 0.144. The van der Waals surface area contributed by atoms with Gasteiger partial charge in [-0.15, -0.1) is 0 Å². The smallest absolute Gasteiger partial charge is 0.328 e. The van der Waals surface area contributed by atoms with Gasteiger partial charge in [0, 0.05) is 25.9 Å². The number of hydrogen-bond donors (Lipinski definition) is 3. The number of unbranched alkanes of at least 4 members (excludes halogenated alkanes) is 2. The van der Waals surface area contributed by atoms with E-state index >= 15 is 0 Å². The largest absolute Gasteiger partial charge is 0.465 e. The zero-order chi connectivity index (χ0) is 28.1. The van der Waals surface area contributed by atoms with Gasteiger partial charge in [0.1, 0.15) is 6.04 Å². The molecule has 1 aromatic heterocycles. The second-order valence-electron chi connectivity index (χ2n) is 7.86. The molecule has 3 atom stereocenters.